The van der Waals surface area contributed by atoms with E-state index in [0.717, 1.165) is 27.7 Å². The van der Waals surface area contributed by atoms with E-state index < -0.39 is 48.5 Å². The molecule has 0 radical (unpaired) electrons. The van der Waals surface area contributed by atoms with Gasteiger partial charge in [0.2, 0.25) is 5.91 Å². The summed E-state index contributed by atoms with van der Waals surface area (Å²) < 4.78 is 45.4. The molecule has 0 fully saturated rings. The Bertz CT molecular complexity index is 1960. The topological polar surface area (TPSA) is 113 Å². The molecule has 0 spiro atoms. The summed E-state index contributed by atoms with van der Waals surface area (Å²) in [6.07, 6.45) is -0.728. The van der Waals surface area contributed by atoms with Crippen molar-refractivity contribution in [3.63, 3.8) is 0 Å². The molecule has 262 valence electrons. The number of carbonyl (C=O) groups is 4. The monoisotopic (exact) mass is 696 g/mol. The van der Waals surface area contributed by atoms with E-state index in [1.54, 1.807) is 25.1 Å². The number of carbonyl (C=O) groups excluding carboxylic acids is 3. The van der Waals surface area contributed by atoms with Gasteiger partial charge in [-0.3, -0.25) is 14.4 Å². The highest BCUT2D eigenvalue weighted by molar-refractivity contribution is 5.97. The number of nitrogens with zero attached hydrogens (tertiary/aromatic N) is 1. The van der Waals surface area contributed by atoms with E-state index in [0.29, 0.717) is 11.1 Å². The third-order valence-electron chi connectivity index (χ3n) is 7.59. The van der Waals surface area contributed by atoms with Gasteiger partial charge in [0.05, 0.1) is 17.5 Å². The summed E-state index contributed by atoms with van der Waals surface area (Å²) in [5, 5.41) is 12.0. The van der Waals surface area contributed by atoms with Crippen LogP contribution in [0, 0.1) is 6.92 Å². The first-order chi connectivity index (χ1) is 24.2. The average Bonchev–Trinajstić information content (AvgIpc) is 3.09. The van der Waals surface area contributed by atoms with Crippen molar-refractivity contribution in [1.29, 1.82) is 0 Å². The molecule has 4 aromatic carbocycles. The number of nitrogens with one attached hydrogen (secondary N) is 1. The Morgan fingerprint density at radius 1 is 0.824 bits per heavy atom. The summed E-state index contributed by atoms with van der Waals surface area (Å²) >= 11 is 0. The minimum atomic E-state index is -4.61. The molecule has 2 N–H and O–H groups in total. The number of anilines is 1. The quantitative estimate of drug-likeness (QED) is 0.0827. The molecule has 4 aromatic rings. The number of amides is 2. The highest BCUT2D eigenvalue weighted by atomic mass is 19.4. The van der Waals surface area contributed by atoms with Gasteiger partial charge < -0.3 is 20.1 Å². The number of benzene rings is 4. The molecule has 0 atom stereocenters. The van der Waals surface area contributed by atoms with Crippen LogP contribution in [0.3, 0.4) is 0 Å². The SMILES string of the molecule is C=CC(=CC=C(C)CN(CC(=O)O)C(=O)c1ccc(NC(=O)Cc2ccccc2C(F)(F)F)cc1)OC(=O)c1ccc(-c2ccc(C)cc2)cc1. The molecule has 11 heteroatoms. The normalized spacial score (nSPS) is 11.8. The molecule has 0 unspecified atom stereocenters. The van der Waals surface area contributed by atoms with Crippen molar-refractivity contribution < 1.29 is 42.2 Å². The van der Waals surface area contributed by atoms with Gasteiger partial charge in [-0.2, -0.15) is 13.2 Å². The second-order valence-electron chi connectivity index (χ2n) is 11.6. The van der Waals surface area contributed by atoms with Crippen molar-refractivity contribution >= 4 is 29.4 Å². The molecule has 4 rings (SSSR count). The molecule has 0 aromatic heterocycles. The van der Waals surface area contributed by atoms with Crippen LogP contribution in [-0.4, -0.2) is 46.8 Å². The number of carboxylic acid groups (broad SMARTS) is 1. The van der Waals surface area contributed by atoms with E-state index in [2.05, 4.69) is 11.9 Å². The van der Waals surface area contributed by atoms with E-state index in [1.807, 2.05) is 43.3 Å². The molecule has 0 aliphatic carbocycles. The molecule has 0 heterocycles. The Hall–Kier alpha value is -6.23. The van der Waals surface area contributed by atoms with Gasteiger partial charge in [-0.15, -0.1) is 0 Å². The summed E-state index contributed by atoms with van der Waals surface area (Å²) in [4.78, 5) is 51.3. The fourth-order valence-electron chi connectivity index (χ4n) is 5.00. The molecule has 0 aliphatic heterocycles. The van der Waals surface area contributed by atoms with Crippen LogP contribution in [0.2, 0.25) is 0 Å². The van der Waals surface area contributed by atoms with E-state index >= 15 is 0 Å². The number of hydrogen-bond donors (Lipinski definition) is 2. The third-order valence-corrected chi connectivity index (χ3v) is 7.59. The lowest BCUT2D eigenvalue weighted by molar-refractivity contribution is -0.139. The van der Waals surface area contributed by atoms with Crippen molar-refractivity contribution in [2.45, 2.75) is 26.4 Å². The third kappa shape index (κ3) is 10.9. The van der Waals surface area contributed by atoms with Crippen LogP contribution >= 0.6 is 0 Å². The number of rotatable bonds is 13. The fourth-order valence-corrected chi connectivity index (χ4v) is 5.00. The molecular formula is C40H35F3N2O6. The van der Waals surface area contributed by atoms with E-state index in [9.17, 15) is 37.5 Å². The largest absolute Gasteiger partial charge is 0.480 e. The lowest BCUT2D eigenvalue weighted by Gasteiger charge is -2.21. The van der Waals surface area contributed by atoms with Gasteiger partial charge in [0.25, 0.3) is 5.91 Å². The zero-order valence-corrected chi connectivity index (χ0v) is 27.9. The summed E-state index contributed by atoms with van der Waals surface area (Å²) in [6, 6.07) is 25.3. The van der Waals surface area contributed by atoms with E-state index in [1.165, 1.54) is 54.6 Å². The molecule has 0 saturated carbocycles. The maximum absolute atomic E-state index is 13.3. The minimum Gasteiger partial charge on any atom is -0.480 e. The van der Waals surface area contributed by atoms with Crippen molar-refractivity contribution in [1.82, 2.24) is 4.90 Å². The highest BCUT2D eigenvalue weighted by Gasteiger charge is 2.33. The Kier molecular flexibility index (Phi) is 12.5. The first kappa shape index (κ1) is 37.6. The number of alkyl halides is 3. The van der Waals surface area contributed by atoms with Gasteiger partial charge in [-0.25, -0.2) is 4.79 Å². The van der Waals surface area contributed by atoms with Gasteiger partial charge in [0, 0.05) is 17.8 Å². The predicted octanol–water partition coefficient (Wildman–Crippen LogP) is 8.26. The smallest absolute Gasteiger partial charge is 0.416 e. The Balaban J connectivity index is 1.38. The highest BCUT2D eigenvalue weighted by Crippen LogP contribution is 2.32. The van der Waals surface area contributed by atoms with Crippen LogP contribution in [0.4, 0.5) is 18.9 Å². The Morgan fingerprint density at radius 2 is 1.41 bits per heavy atom. The van der Waals surface area contributed by atoms with Crippen molar-refractivity contribution in [2.24, 2.45) is 0 Å². The maximum atomic E-state index is 13.3. The number of hydrogen-bond acceptors (Lipinski definition) is 5. The number of carboxylic acids is 1. The lowest BCUT2D eigenvalue weighted by Crippen LogP contribution is -2.36. The van der Waals surface area contributed by atoms with Gasteiger partial charge in [-0.1, -0.05) is 78.4 Å². The van der Waals surface area contributed by atoms with Crippen LogP contribution < -0.4 is 5.32 Å². The zero-order valence-electron chi connectivity index (χ0n) is 27.9. The molecule has 0 bridgehead atoms. The van der Waals surface area contributed by atoms with Gasteiger partial charge >= 0.3 is 18.1 Å². The molecular weight excluding hydrogens is 661 g/mol. The first-order valence-corrected chi connectivity index (χ1v) is 15.7. The molecule has 2 amide bonds. The zero-order chi connectivity index (χ0) is 37.1. The maximum Gasteiger partial charge on any atom is 0.416 e. The predicted molar refractivity (Wildman–Crippen MR) is 188 cm³/mol. The molecule has 8 nitrogen and oxygen atoms in total. The summed E-state index contributed by atoms with van der Waals surface area (Å²) in [5.41, 5.74) is 3.26. The summed E-state index contributed by atoms with van der Waals surface area (Å²) in [6.45, 7) is 6.65. The van der Waals surface area contributed by atoms with Crippen LogP contribution in [0.25, 0.3) is 11.1 Å². The minimum absolute atomic E-state index is 0.0857. The second-order valence-corrected chi connectivity index (χ2v) is 11.6. The number of aryl methyl sites for hydroxylation is 1. The van der Waals surface area contributed by atoms with Crippen LogP contribution in [-0.2, 0) is 26.9 Å². The number of aliphatic carboxylic acids is 1. The van der Waals surface area contributed by atoms with Crippen LogP contribution in [0.1, 0.15) is 44.3 Å². The molecule has 0 aliphatic rings. The van der Waals surface area contributed by atoms with Gasteiger partial charge in [0.1, 0.15) is 12.3 Å². The Labute approximate surface area is 293 Å². The standard InChI is InChI=1S/C40H35F3N2O6/c1-4-34(51-39(50)31-16-14-29(15-17-31)28-12-9-26(2)10-13-28)22-11-27(3)24-45(25-37(47)48)38(49)30-18-20-33(21-19-30)44-36(46)23-32-7-5-6-8-35(32)40(41,42)43/h4-22H,1,23-25H2,2-3H3,(H,44,46)(H,47,48). The number of esters is 1. The number of ether oxygens (including phenoxy) is 1. The van der Waals surface area contributed by atoms with E-state index in [4.69, 9.17) is 4.74 Å². The van der Waals surface area contributed by atoms with Crippen molar-refractivity contribution in [2.75, 3.05) is 18.4 Å². The molecule has 0 saturated heterocycles. The summed E-state index contributed by atoms with van der Waals surface area (Å²) in [5.74, 6) is -3.01. The van der Waals surface area contributed by atoms with Crippen molar-refractivity contribution in [3.8, 4) is 11.1 Å². The van der Waals surface area contributed by atoms with Gasteiger partial charge in [0.15, 0.2) is 0 Å². The van der Waals surface area contributed by atoms with Crippen LogP contribution in [0.5, 0.6) is 0 Å². The average molecular weight is 697 g/mol. The fraction of sp³-hybridized carbons (Fsp3) is 0.150. The first-order valence-electron chi connectivity index (χ1n) is 15.7. The number of halogens is 3. The second kappa shape index (κ2) is 16.9. The molecule has 51 heavy (non-hydrogen) atoms. The lowest BCUT2D eigenvalue weighted by atomic mass is 10.0. The summed E-state index contributed by atoms with van der Waals surface area (Å²) in [7, 11) is 0. The van der Waals surface area contributed by atoms with Gasteiger partial charge in [-0.05, 0) is 85.2 Å². The number of allylic oxidation sites excluding steroid dienone is 3. The van der Waals surface area contributed by atoms with Crippen LogP contribution in [0.15, 0.2) is 133 Å². The van der Waals surface area contributed by atoms with Crippen molar-refractivity contribution in [3.05, 3.63) is 161 Å². The van der Waals surface area contributed by atoms with E-state index in [-0.39, 0.29) is 29.1 Å². The Morgan fingerprint density at radius 3 is 2.00 bits per heavy atom.